The van der Waals surface area contributed by atoms with Crippen LogP contribution in [0.4, 0.5) is 0 Å². The largest absolute Gasteiger partial charge is 0.497 e. The van der Waals surface area contributed by atoms with Gasteiger partial charge in [-0.3, -0.25) is 4.79 Å². The van der Waals surface area contributed by atoms with Crippen LogP contribution in [0.15, 0.2) is 42.6 Å². The second-order valence-electron chi connectivity index (χ2n) is 7.03. The Hall–Kier alpha value is -2.56. The maximum Gasteiger partial charge on any atom is 0.254 e. The summed E-state index contributed by atoms with van der Waals surface area (Å²) in [7, 11) is 1.62. The summed E-state index contributed by atoms with van der Waals surface area (Å²) in [6.45, 7) is 1.37. The molecule has 5 heteroatoms. The molecule has 0 N–H and O–H groups in total. The maximum absolute atomic E-state index is 13.1. The molecule has 1 saturated heterocycles. The number of carbonyl (C=O) groups is 1. The zero-order chi connectivity index (χ0) is 17.9. The molecule has 26 heavy (non-hydrogen) atoms. The first kappa shape index (κ1) is 16.9. The number of ether oxygens (including phenoxy) is 2. The van der Waals surface area contributed by atoms with Crippen LogP contribution in [-0.4, -0.2) is 42.1 Å². The van der Waals surface area contributed by atoms with Crippen LogP contribution in [0.2, 0.25) is 0 Å². The highest BCUT2D eigenvalue weighted by molar-refractivity contribution is 5.96. The molecule has 1 aromatic carbocycles. The van der Waals surface area contributed by atoms with Gasteiger partial charge in [0.25, 0.3) is 5.91 Å². The molecular formula is C21H24N2O3. The van der Waals surface area contributed by atoms with Crippen molar-refractivity contribution in [1.82, 2.24) is 9.88 Å². The third-order valence-electron chi connectivity index (χ3n) is 5.10. The second-order valence-corrected chi connectivity index (χ2v) is 7.03. The number of hydrogen-bond donors (Lipinski definition) is 0. The van der Waals surface area contributed by atoms with Gasteiger partial charge in [-0.2, -0.15) is 0 Å². The molecule has 2 fully saturated rings. The average molecular weight is 352 g/mol. The molecule has 1 aliphatic heterocycles. The van der Waals surface area contributed by atoms with Gasteiger partial charge in [-0.15, -0.1) is 0 Å². The number of piperidine rings is 1. The molecule has 2 aliphatic rings. The summed E-state index contributed by atoms with van der Waals surface area (Å²) in [6, 6.07) is 11.6. The Morgan fingerprint density at radius 2 is 2.04 bits per heavy atom. The Morgan fingerprint density at radius 3 is 2.85 bits per heavy atom. The molecule has 1 aromatic heterocycles. The summed E-state index contributed by atoms with van der Waals surface area (Å²) in [5, 5.41) is 0. The molecule has 0 bridgehead atoms. The standard InChI is InChI=1S/C21H24N2O3/c1-25-16-10-11-22-20(13-16)26-17-5-4-12-23(14-17)21(24)19-7-3-2-6-18(19)15-8-9-15/h2-3,6-7,10-11,13,15,17H,4-5,8-9,12,14H2,1H3/t17-/m1/s1. The van der Waals surface area contributed by atoms with Crippen molar-refractivity contribution in [2.24, 2.45) is 0 Å². The van der Waals surface area contributed by atoms with E-state index in [1.807, 2.05) is 23.1 Å². The fourth-order valence-corrected chi connectivity index (χ4v) is 3.58. The van der Waals surface area contributed by atoms with E-state index in [4.69, 9.17) is 9.47 Å². The smallest absolute Gasteiger partial charge is 0.254 e. The lowest BCUT2D eigenvalue weighted by Crippen LogP contribution is -2.44. The first-order valence-electron chi connectivity index (χ1n) is 9.29. The molecule has 0 unspecified atom stereocenters. The Balaban J connectivity index is 1.45. The number of rotatable bonds is 5. The number of benzene rings is 1. The Bertz CT molecular complexity index is 788. The van der Waals surface area contributed by atoms with Crippen molar-refractivity contribution in [2.45, 2.75) is 37.7 Å². The number of likely N-dealkylation sites (tertiary alicyclic amines) is 1. The Labute approximate surface area is 153 Å². The van der Waals surface area contributed by atoms with Crippen LogP contribution in [0.5, 0.6) is 11.6 Å². The zero-order valence-corrected chi connectivity index (χ0v) is 15.1. The lowest BCUT2D eigenvalue weighted by molar-refractivity contribution is 0.0526. The first-order chi connectivity index (χ1) is 12.7. The average Bonchev–Trinajstić information content (AvgIpc) is 3.53. The summed E-state index contributed by atoms with van der Waals surface area (Å²) in [5.41, 5.74) is 2.06. The van der Waals surface area contributed by atoms with Crippen molar-refractivity contribution >= 4 is 5.91 Å². The monoisotopic (exact) mass is 352 g/mol. The van der Waals surface area contributed by atoms with Gasteiger partial charge in [-0.05, 0) is 49.3 Å². The van der Waals surface area contributed by atoms with Crippen LogP contribution >= 0.6 is 0 Å². The molecule has 0 radical (unpaired) electrons. The lowest BCUT2D eigenvalue weighted by atomic mass is 10.0. The quantitative estimate of drug-likeness (QED) is 0.824. The van der Waals surface area contributed by atoms with Crippen molar-refractivity contribution in [2.75, 3.05) is 20.2 Å². The minimum Gasteiger partial charge on any atom is -0.497 e. The van der Waals surface area contributed by atoms with Gasteiger partial charge in [-0.1, -0.05) is 18.2 Å². The third kappa shape index (κ3) is 3.66. The number of methoxy groups -OCH3 is 1. The highest BCUT2D eigenvalue weighted by Gasteiger charge is 2.31. The van der Waals surface area contributed by atoms with Crippen molar-refractivity contribution < 1.29 is 14.3 Å². The summed E-state index contributed by atoms with van der Waals surface area (Å²) < 4.78 is 11.2. The normalized spacial score (nSPS) is 19.9. The van der Waals surface area contributed by atoms with E-state index in [1.54, 1.807) is 25.4 Å². The predicted molar refractivity (Wildman–Crippen MR) is 98.8 cm³/mol. The van der Waals surface area contributed by atoms with Crippen LogP contribution in [0.3, 0.4) is 0 Å². The Kier molecular flexibility index (Phi) is 4.78. The number of hydrogen-bond acceptors (Lipinski definition) is 4. The molecule has 0 spiro atoms. The number of pyridine rings is 1. The van der Waals surface area contributed by atoms with Gasteiger partial charge in [0.2, 0.25) is 5.88 Å². The maximum atomic E-state index is 13.1. The number of nitrogens with zero attached hydrogens (tertiary/aromatic N) is 2. The van der Waals surface area contributed by atoms with Crippen LogP contribution in [0.1, 0.15) is 47.5 Å². The van der Waals surface area contributed by atoms with Gasteiger partial charge in [0.1, 0.15) is 11.9 Å². The van der Waals surface area contributed by atoms with Gasteiger partial charge >= 0.3 is 0 Å². The van der Waals surface area contributed by atoms with Gasteiger partial charge in [0.15, 0.2) is 0 Å². The number of aromatic nitrogens is 1. The van der Waals surface area contributed by atoms with E-state index < -0.39 is 0 Å². The van der Waals surface area contributed by atoms with Gasteiger partial charge < -0.3 is 14.4 Å². The Morgan fingerprint density at radius 1 is 1.19 bits per heavy atom. The molecular weight excluding hydrogens is 328 g/mol. The van der Waals surface area contributed by atoms with E-state index in [9.17, 15) is 4.79 Å². The summed E-state index contributed by atoms with van der Waals surface area (Å²) >= 11 is 0. The predicted octanol–water partition coefficient (Wildman–Crippen LogP) is 3.65. The summed E-state index contributed by atoms with van der Waals surface area (Å²) in [5.74, 6) is 1.95. The van der Waals surface area contributed by atoms with E-state index >= 15 is 0 Å². The van der Waals surface area contributed by atoms with Crippen LogP contribution in [0, 0.1) is 0 Å². The number of carbonyl (C=O) groups excluding carboxylic acids is 1. The van der Waals surface area contributed by atoms with Gasteiger partial charge in [-0.25, -0.2) is 4.98 Å². The highest BCUT2D eigenvalue weighted by atomic mass is 16.5. The SMILES string of the molecule is COc1ccnc(O[C@@H]2CCCN(C(=O)c3ccccc3C3CC3)C2)c1. The van der Waals surface area contributed by atoms with Crippen molar-refractivity contribution in [3.63, 3.8) is 0 Å². The molecule has 1 aliphatic carbocycles. The van der Waals surface area contributed by atoms with Crippen LogP contribution in [0.25, 0.3) is 0 Å². The number of amides is 1. The minimum atomic E-state index is -0.0413. The molecule has 1 amide bonds. The first-order valence-corrected chi connectivity index (χ1v) is 9.29. The fraction of sp³-hybridized carbons (Fsp3) is 0.429. The lowest BCUT2D eigenvalue weighted by Gasteiger charge is -2.33. The minimum absolute atomic E-state index is 0.0413. The second kappa shape index (κ2) is 7.36. The van der Waals surface area contributed by atoms with E-state index in [0.717, 1.165) is 30.7 Å². The van der Waals surface area contributed by atoms with E-state index in [0.29, 0.717) is 18.3 Å². The molecule has 1 atom stereocenters. The van der Waals surface area contributed by atoms with Crippen LogP contribution in [-0.2, 0) is 0 Å². The molecule has 2 heterocycles. The molecule has 2 aromatic rings. The molecule has 136 valence electrons. The summed E-state index contributed by atoms with van der Waals surface area (Å²) in [4.78, 5) is 19.3. The van der Waals surface area contributed by atoms with Crippen molar-refractivity contribution in [1.29, 1.82) is 0 Å². The highest BCUT2D eigenvalue weighted by Crippen LogP contribution is 2.41. The molecule has 5 nitrogen and oxygen atoms in total. The van der Waals surface area contributed by atoms with Gasteiger partial charge in [0.05, 0.1) is 13.7 Å². The summed E-state index contributed by atoms with van der Waals surface area (Å²) in [6.07, 6.45) is 5.88. The third-order valence-corrected chi connectivity index (χ3v) is 5.10. The zero-order valence-electron chi connectivity index (χ0n) is 15.1. The van der Waals surface area contributed by atoms with E-state index in [2.05, 4.69) is 11.1 Å². The molecule has 4 rings (SSSR count). The van der Waals surface area contributed by atoms with Gasteiger partial charge in [0, 0.05) is 24.4 Å². The van der Waals surface area contributed by atoms with E-state index in [-0.39, 0.29) is 12.0 Å². The topological polar surface area (TPSA) is 51.7 Å². The van der Waals surface area contributed by atoms with Crippen molar-refractivity contribution in [3.05, 3.63) is 53.7 Å². The van der Waals surface area contributed by atoms with Crippen molar-refractivity contribution in [3.8, 4) is 11.6 Å². The van der Waals surface area contributed by atoms with Crippen LogP contribution < -0.4 is 9.47 Å². The van der Waals surface area contributed by atoms with E-state index in [1.165, 1.54) is 18.4 Å². The molecule has 1 saturated carbocycles. The fourth-order valence-electron chi connectivity index (χ4n) is 3.58.